The Kier molecular flexibility index (Phi) is 13.3. The minimum atomic E-state index is -1.38. The second-order valence-electron chi connectivity index (χ2n) is 19.6. The number of para-hydroxylation sites is 3. The number of fused-ring (bicyclic) bond motifs is 4. The predicted molar refractivity (Wildman–Crippen MR) is 266 cm³/mol. The average Bonchev–Trinajstić information content (AvgIpc) is 3.82. The molecule has 6 heteroatoms. The molecule has 0 atom stereocenters. The molecule has 0 spiro atoms. The van der Waals surface area contributed by atoms with Crippen molar-refractivity contribution in [3.05, 3.63) is 168 Å². The number of benzene rings is 6. The zero-order chi connectivity index (χ0) is 43.9. The number of furan rings is 1. The van der Waals surface area contributed by atoms with Crippen molar-refractivity contribution in [3.8, 4) is 39.5 Å². The SMILES string of the molecule is CC(C)c1cc(-c2ccccc2)cc(C(C)C)c1-n1c(-c2[c-]ccc3c2oc2ccccc23)nc2ccccc21.Cc1c[c-]c(-c2cc(CC(C)(C)C)c([Si](C)(C)C)cn2)cc1.[Ir]. The van der Waals surface area contributed by atoms with Gasteiger partial charge in [-0.15, -0.1) is 53.6 Å². The zero-order valence-electron chi connectivity index (χ0n) is 38.6. The molecule has 9 aromatic rings. The Morgan fingerprint density at radius 3 is 2.05 bits per heavy atom. The van der Waals surface area contributed by atoms with Gasteiger partial charge in [0.2, 0.25) is 0 Å². The van der Waals surface area contributed by atoms with Crippen LogP contribution in [0.5, 0.6) is 0 Å². The van der Waals surface area contributed by atoms with Crippen molar-refractivity contribution >= 4 is 46.2 Å². The smallest absolute Gasteiger partial charge is 0.120 e. The Hall–Kier alpha value is -5.39. The molecule has 0 saturated carbocycles. The largest absolute Gasteiger partial charge is 0.501 e. The Morgan fingerprint density at radius 1 is 0.730 bits per heavy atom. The summed E-state index contributed by atoms with van der Waals surface area (Å²) in [5.74, 6) is 1.45. The summed E-state index contributed by atoms with van der Waals surface area (Å²) in [6.07, 6.45) is 3.21. The second-order valence-corrected chi connectivity index (χ2v) is 24.7. The van der Waals surface area contributed by atoms with Gasteiger partial charge in [-0.3, -0.25) is 4.98 Å². The predicted octanol–water partition coefficient (Wildman–Crippen LogP) is 15.3. The number of pyridine rings is 1. The maximum Gasteiger partial charge on any atom is 0.120 e. The molecule has 0 amide bonds. The van der Waals surface area contributed by atoms with Crippen LogP contribution in [0.25, 0.3) is 72.4 Å². The van der Waals surface area contributed by atoms with Gasteiger partial charge in [0.15, 0.2) is 0 Å². The van der Waals surface area contributed by atoms with Gasteiger partial charge in [-0.05, 0) is 87.1 Å². The number of hydrogen-bond donors (Lipinski definition) is 0. The minimum absolute atomic E-state index is 0. The van der Waals surface area contributed by atoms with Gasteiger partial charge in [-0.1, -0.05) is 158 Å². The van der Waals surface area contributed by atoms with E-state index in [-0.39, 0.29) is 25.5 Å². The third kappa shape index (κ3) is 9.60. The molecule has 3 aromatic heterocycles. The summed E-state index contributed by atoms with van der Waals surface area (Å²) in [6, 6.07) is 51.6. The number of aryl methyl sites for hydroxylation is 1. The van der Waals surface area contributed by atoms with Crippen molar-refractivity contribution in [2.75, 3.05) is 0 Å². The van der Waals surface area contributed by atoms with E-state index in [9.17, 15) is 0 Å². The van der Waals surface area contributed by atoms with Gasteiger partial charge in [0.25, 0.3) is 0 Å². The van der Waals surface area contributed by atoms with Crippen LogP contribution < -0.4 is 5.19 Å². The molecule has 0 saturated heterocycles. The molecule has 0 N–H and O–H groups in total. The first-order valence-corrected chi connectivity index (χ1v) is 25.6. The molecule has 0 aliphatic heterocycles. The summed E-state index contributed by atoms with van der Waals surface area (Å²) in [7, 11) is -1.38. The van der Waals surface area contributed by atoms with Gasteiger partial charge < -0.3 is 14.0 Å². The quantitative estimate of drug-likeness (QED) is 0.113. The van der Waals surface area contributed by atoms with Crippen molar-refractivity contribution < 1.29 is 24.5 Å². The summed E-state index contributed by atoms with van der Waals surface area (Å²) >= 11 is 0. The molecular formula is C57H59IrN3OSi-2. The van der Waals surface area contributed by atoms with Crippen molar-refractivity contribution in [1.29, 1.82) is 0 Å². The molecular weight excluding hydrogens is 963 g/mol. The monoisotopic (exact) mass is 1020 g/mol. The van der Waals surface area contributed by atoms with E-state index in [1.807, 2.05) is 24.3 Å². The molecule has 0 aliphatic carbocycles. The number of imidazole rings is 1. The number of aromatic nitrogens is 3. The van der Waals surface area contributed by atoms with E-state index in [1.54, 1.807) is 0 Å². The van der Waals surface area contributed by atoms with E-state index in [1.165, 1.54) is 44.3 Å². The van der Waals surface area contributed by atoms with E-state index in [0.717, 1.165) is 62.0 Å². The Balaban J connectivity index is 0.000000221. The van der Waals surface area contributed by atoms with E-state index in [2.05, 4.69) is 201 Å². The van der Waals surface area contributed by atoms with Crippen LogP contribution in [0.4, 0.5) is 0 Å². The van der Waals surface area contributed by atoms with Crippen molar-refractivity contribution in [1.82, 2.24) is 14.5 Å². The van der Waals surface area contributed by atoms with Crippen molar-refractivity contribution in [2.45, 2.75) is 93.3 Å². The van der Waals surface area contributed by atoms with Crippen LogP contribution in [-0.4, -0.2) is 22.6 Å². The first-order chi connectivity index (χ1) is 29.6. The number of nitrogens with zero attached hydrogens (tertiary/aromatic N) is 3. The summed E-state index contributed by atoms with van der Waals surface area (Å²) in [5.41, 5.74) is 16.0. The van der Waals surface area contributed by atoms with Crippen LogP contribution in [0.2, 0.25) is 19.6 Å². The molecule has 6 aromatic carbocycles. The summed E-state index contributed by atoms with van der Waals surface area (Å²) < 4.78 is 8.83. The minimum Gasteiger partial charge on any atom is -0.501 e. The second kappa shape index (κ2) is 18.4. The summed E-state index contributed by atoms with van der Waals surface area (Å²) in [6.45, 7) is 25.3. The van der Waals surface area contributed by atoms with E-state index in [4.69, 9.17) is 14.4 Å². The topological polar surface area (TPSA) is 43.9 Å². The van der Waals surface area contributed by atoms with Gasteiger partial charge in [0.05, 0.1) is 30.5 Å². The van der Waals surface area contributed by atoms with Crippen LogP contribution >= 0.6 is 0 Å². The standard InChI is InChI=1S/C37H31N2O.C20H28NSi.Ir/c1-23(2)30-21-26(25-13-6-5-7-14-25)22-31(24(3)4)35(30)39-33-19-10-9-18-32(33)38-37(39)29-17-12-16-28-27-15-8-11-20-34(27)40-36(28)29;1-15-8-10-16(11-9-15)18-12-17(13-20(2,3)4)19(14-21-18)22(5,6)7;/h5-16,18-24H,1-4H3;8-10,12,14H,13H2,1-7H3;/q2*-1;. The third-order valence-electron chi connectivity index (χ3n) is 11.6. The van der Waals surface area contributed by atoms with E-state index >= 15 is 0 Å². The van der Waals surface area contributed by atoms with Gasteiger partial charge in [-0.2, -0.15) is 0 Å². The average molecular weight is 1020 g/mol. The summed E-state index contributed by atoms with van der Waals surface area (Å²) in [5, 5.41) is 3.67. The molecule has 0 fully saturated rings. The van der Waals surface area contributed by atoms with Crippen LogP contribution in [0, 0.1) is 24.5 Å². The fraction of sp³-hybridized carbons (Fsp3) is 0.263. The molecule has 1 radical (unpaired) electrons. The van der Waals surface area contributed by atoms with E-state index < -0.39 is 8.07 Å². The Bertz CT molecular complexity index is 2990. The molecule has 323 valence electrons. The normalized spacial score (nSPS) is 12.0. The first-order valence-electron chi connectivity index (χ1n) is 22.1. The zero-order valence-corrected chi connectivity index (χ0v) is 42.0. The fourth-order valence-electron chi connectivity index (χ4n) is 8.59. The molecule has 0 bridgehead atoms. The summed E-state index contributed by atoms with van der Waals surface area (Å²) in [4.78, 5) is 9.97. The maximum absolute atomic E-state index is 6.47. The van der Waals surface area contributed by atoms with Crippen LogP contribution in [0.1, 0.15) is 82.6 Å². The first kappa shape index (κ1) is 45.6. The van der Waals surface area contributed by atoms with Gasteiger partial charge >= 0.3 is 0 Å². The molecule has 0 unspecified atom stereocenters. The number of hydrogen-bond acceptors (Lipinski definition) is 3. The fourth-order valence-corrected chi connectivity index (χ4v) is 10.2. The van der Waals surface area contributed by atoms with Gasteiger partial charge in [0.1, 0.15) is 5.58 Å². The Morgan fingerprint density at radius 2 is 1.40 bits per heavy atom. The molecule has 63 heavy (non-hydrogen) atoms. The molecule has 4 nitrogen and oxygen atoms in total. The van der Waals surface area contributed by atoms with Crippen LogP contribution in [-0.2, 0) is 26.5 Å². The molecule has 0 aliphatic rings. The molecule has 9 rings (SSSR count). The van der Waals surface area contributed by atoms with Crippen molar-refractivity contribution in [2.24, 2.45) is 5.41 Å². The van der Waals surface area contributed by atoms with E-state index in [0.29, 0.717) is 11.8 Å². The van der Waals surface area contributed by atoms with Crippen molar-refractivity contribution in [3.63, 3.8) is 0 Å². The molecule has 3 heterocycles. The maximum atomic E-state index is 6.47. The van der Waals surface area contributed by atoms with Crippen LogP contribution in [0.15, 0.2) is 138 Å². The third-order valence-corrected chi connectivity index (χ3v) is 13.7. The van der Waals surface area contributed by atoms with Crippen LogP contribution in [0.3, 0.4) is 0 Å². The van der Waals surface area contributed by atoms with Gasteiger partial charge in [-0.25, -0.2) is 0 Å². The Labute approximate surface area is 389 Å². The number of rotatable bonds is 8. The van der Waals surface area contributed by atoms with Gasteiger partial charge in [0, 0.05) is 37.4 Å².